The van der Waals surface area contributed by atoms with Crippen molar-refractivity contribution in [3.63, 3.8) is 0 Å². The molecule has 5 heteroatoms. The van der Waals surface area contributed by atoms with E-state index in [1.54, 1.807) is 0 Å². The maximum atomic E-state index is 12.4. The van der Waals surface area contributed by atoms with E-state index in [1.165, 1.54) is 0 Å². The van der Waals surface area contributed by atoms with E-state index in [9.17, 15) is 4.79 Å². The number of esters is 1. The summed E-state index contributed by atoms with van der Waals surface area (Å²) in [5, 5.41) is 0. The Morgan fingerprint density at radius 2 is 1.28 bits per heavy atom. The molecule has 0 spiro atoms. The number of hydrogen-bond donors (Lipinski definition) is 0. The number of hydrogen-bond acceptors (Lipinski definition) is 5. The molecule has 5 nitrogen and oxygen atoms in total. The van der Waals surface area contributed by atoms with Crippen LogP contribution < -0.4 is 9.80 Å². The minimum absolute atomic E-state index is 0.000170. The number of benzene rings is 3. The first-order chi connectivity index (χ1) is 18.6. The van der Waals surface area contributed by atoms with Gasteiger partial charge in [0.25, 0.3) is 0 Å². The zero-order valence-electron chi connectivity index (χ0n) is 24.2. The van der Waals surface area contributed by atoms with Gasteiger partial charge < -0.3 is 14.5 Å². The first kappa shape index (κ1) is 27.9. The van der Waals surface area contributed by atoms with E-state index in [1.807, 2.05) is 32.9 Å². The Balaban J connectivity index is 1.81. The summed E-state index contributed by atoms with van der Waals surface area (Å²) in [5.41, 5.74) is 9.29. The fourth-order valence-electron chi connectivity index (χ4n) is 4.47. The van der Waals surface area contributed by atoms with Gasteiger partial charge in [-0.1, -0.05) is 61.5 Å². The van der Waals surface area contributed by atoms with Crippen LogP contribution in [-0.2, 0) is 9.53 Å². The van der Waals surface area contributed by atoms with Crippen molar-refractivity contribution in [3.8, 4) is 0 Å². The lowest BCUT2D eigenvalue weighted by molar-refractivity contribution is -0.153. The highest BCUT2D eigenvalue weighted by Gasteiger charge is 2.27. The molecule has 0 saturated heterocycles. The van der Waals surface area contributed by atoms with E-state index in [0.29, 0.717) is 6.42 Å². The Labute approximate surface area is 233 Å². The summed E-state index contributed by atoms with van der Waals surface area (Å²) in [5.74, 6) is -0.229. The molecule has 0 bridgehead atoms. The van der Waals surface area contributed by atoms with E-state index >= 15 is 0 Å². The summed E-state index contributed by atoms with van der Waals surface area (Å²) < 4.78 is 5.51. The van der Waals surface area contributed by atoms with Crippen LogP contribution in [0.25, 0.3) is 11.1 Å². The molecule has 39 heavy (non-hydrogen) atoms. The van der Waals surface area contributed by atoms with Crippen LogP contribution in [0.1, 0.15) is 49.4 Å². The molecule has 0 unspecified atom stereocenters. The van der Waals surface area contributed by atoms with Crippen LogP contribution in [0, 0.1) is 5.41 Å². The molecule has 0 fully saturated rings. The molecule has 202 valence electrons. The molecule has 0 heterocycles. The second kappa shape index (κ2) is 11.7. The number of anilines is 2. The Hall–Kier alpha value is -4.12. The Morgan fingerprint density at radius 3 is 1.77 bits per heavy atom. The zero-order valence-corrected chi connectivity index (χ0v) is 24.2. The molecular weight excluding hydrogens is 482 g/mol. The average molecular weight is 522 g/mol. The van der Waals surface area contributed by atoms with Gasteiger partial charge in [0, 0.05) is 45.1 Å². The van der Waals surface area contributed by atoms with Gasteiger partial charge in [0.2, 0.25) is 0 Å². The summed E-state index contributed by atoms with van der Waals surface area (Å²) in [6.45, 7) is 5.78. The normalized spacial score (nSPS) is 13.7. The number of allylic oxidation sites excluding steroid dienone is 3. The predicted octanol–water partition coefficient (Wildman–Crippen LogP) is 7.07. The van der Waals surface area contributed by atoms with Crippen molar-refractivity contribution in [2.24, 2.45) is 10.4 Å². The van der Waals surface area contributed by atoms with Crippen molar-refractivity contribution in [2.45, 2.75) is 27.2 Å². The number of carbonyl (C=O) groups is 1. The Morgan fingerprint density at radius 1 is 0.769 bits per heavy atom. The number of fused-ring (bicyclic) bond motifs is 1. The summed E-state index contributed by atoms with van der Waals surface area (Å²) >= 11 is 0. The van der Waals surface area contributed by atoms with Gasteiger partial charge >= 0.3 is 5.97 Å². The van der Waals surface area contributed by atoms with Crippen LogP contribution in [-0.4, -0.2) is 46.6 Å². The maximum Gasteiger partial charge on any atom is 0.313 e. The second-order valence-electron chi connectivity index (χ2n) is 10.9. The van der Waals surface area contributed by atoms with Crippen LogP contribution >= 0.6 is 0 Å². The van der Waals surface area contributed by atoms with Crippen molar-refractivity contribution in [2.75, 3.05) is 44.7 Å². The minimum atomic E-state index is -0.518. The number of rotatable bonds is 8. The first-order valence-electron chi connectivity index (χ1n) is 13.4. The van der Waals surface area contributed by atoms with E-state index in [4.69, 9.17) is 4.74 Å². The van der Waals surface area contributed by atoms with Gasteiger partial charge in [0.1, 0.15) is 0 Å². The third kappa shape index (κ3) is 6.14. The van der Waals surface area contributed by atoms with Crippen LogP contribution in [0.5, 0.6) is 0 Å². The summed E-state index contributed by atoms with van der Waals surface area (Å²) in [7, 11) is 8.21. The number of carbonyl (C=O) groups excluding carboxylic acids is 1. The van der Waals surface area contributed by atoms with E-state index in [0.717, 1.165) is 50.5 Å². The first-order valence-corrected chi connectivity index (χ1v) is 13.4. The third-order valence-electron chi connectivity index (χ3n) is 7.38. The molecule has 1 aliphatic rings. The van der Waals surface area contributed by atoms with Gasteiger partial charge in [-0.25, -0.2) is 4.99 Å². The van der Waals surface area contributed by atoms with Crippen molar-refractivity contribution in [3.05, 3.63) is 107 Å². The number of aliphatic imine (C=N–C) groups is 1. The third-order valence-corrected chi connectivity index (χ3v) is 7.38. The van der Waals surface area contributed by atoms with Crippen molar-refractivity contribution < 1.29 is 9.53 Å². The van der Waals surface area contributed by atoms with Gasteiger partial charge in [-0.3, -0.25) is 4.79 Å². The molecule has 0 saturated carbocycles. The lowest BCUT2D eigenvalue weighted by Gasteiger charge is -2.22. The van der Waals surface area contributed by atoms with Crippen LogP contribution in [0.3, 0.4) is 0 Å². The number of ether oxygens (including phenoxy) is 1. The van der Waals surface area contributed by atoms with E-state index in [-0.39, 0.29) is 12.7 Å². The minimum Gasteiger partial charge on any atom is -0.442 e. The average Bonchev–Trinajstić information content (AvgIpc) is 2.94. The second-order valence-corrected chi connectivity index (χ2v) is 10.9. The van der Waals surface area contributed by atoms with Gasteiger partial charge in [0.15, 0.2) is 6.73 Å². The molecule has 0 atom stereocenters. The van der Waals surface area contributed by atoms with Crippen LogP contribution in [0.2, 0.25) is 0 Å². The molecule has 0 amide bonds. The lowest BCUT2D eigenvalue weighted by atomic mass is 9.83. The molecule has 0 N–H and O–H groups in total. The topological polar surface area (TPSA) is 45.1 Å². The maximum absolute atomic E-state index is 12.4. The standard InChI is InChI=1S/C34H39N3O2/c1-8-34(2,3)33(38)39-23-35-31-22-21-30(28-11-9-10-12-29(28)31)32(24-13-17-26(18-14-24)36(4)5)25-15-19-27(20-16-25)37(6)7/h9-22H,8,23H2,1-7H3. The SMILES string of the molecule is CCC(C)(C)C(=O)OCN=C1C=CC(=C(c2ccc(N(C)C)cc2)c2ccc(N(C)C)cc2)c2ccccc21. The van der Waals surface area contributed by atoms with Crippen LogP contribution in [0.15, 0.2) is 89.9 Å². The monoisotopic (exact) mass is 521 g/mol. The summed E-state index contributed by atoms with van der Waals surface area (Å²) in [6.07, 6.45) is 4.87. The van der Waals surface area contributed by atoms with E-state index in [2.05, 4.69) is 116 Å². The highest BCUT2D eigenvalue weighted by molar-refractivity contribution is 6.19. The molecule has 4 rings (SSSR count). The fraction of sp³-hybridized carbons (Fsp3) is 0.294. The smallest absolute Gasteiger partial charge is 0.313 e. The van der Waals surface area contributed by atoms with Gasteiger partial charge in [-0.05, 0) is 78.4 Å². The Bertz CT molecular complexity index is 1360. The largest absolute Gasteiger partial charge is 0.442 e. The number of nitrogens with zero attached hydrogens (tertiary/aromatic N) is 3. The highest BCUT2D eigenvalue weighted by atomic mass is 16.5. The molecular formula is C34H39N3O2. The Kier molecular flexibility index (Phi) is 8.39. The van der Waals surface area contributed by atoms with Crippen molar-refractivity contribution in [1.29, 1.82) is 0 Å². The fourth-order valence-corrected chi connectivity index (χ4v) is 4.47. The zero-order chi connectivity index (χ0) is 28.2. The van der Waals surface area contributed by atoms with Crippen LogP contribution in [0.4, 0.5) is 11.4 Å². The van der Waals surface area contributed by atoms with E-state index < -0.39 is 5.41 Å². The van der Waals surface area contributed by atoms with Crippen molar-refractivity contribution in [1.82, 2.24) is 0 Å². The lowest BCUT2D eigenvalue weighted by Crippen LogP contribution is -2.26. The highest BCUT2D eigenvalue weighted by Crippen LogP contribution is 2.38. The van der Waals surface area contributed by atoms with Gasteiger partial charge in [0.05, 0.1) is 11.1 Å². The van der Waals surface area contributed by atoms with Gasteiger partial charge in [-0.2, -0.15) is 0 Å². The molecule has 1 aliphatic carbocycles. The molecule has 0 radical (unpaired) electrons. The van der Waals surface area contributed by atoms with Crippen molar-refractivity contribution >= 4 is 34.2 Å². The summed E-state index contributed by atoms with van der Waals surface area (Å²) in [6, 6.07) is 25.7. The van der Waals surface area contributed by atoms with Gasteiger partial charge in [-0.15, -0.1) is 0 Å². The molecule has 0 aliphatic heterocycles. The molecule has 0 aromatic heterocycles. The quantitative estimate of drug-likeness (QED) is 0.297. The molecule has 3 aromatic carbocycles. The molecule has 3 aromatic rings. The predicted molar refractivity (Wildman–Crippen MR) is 165 cm³/mol. The summed E-state index contributed by atoms with van der Waals surface area (Å²) in [4.78, 5) is 21.3.